The zero-order chi connectivity index (χ0) is 19.1. The van der Waals surface area contributed by atoms with Crippen molar-refractivity contribution in [2.24, 2.45) is 0 Å². The van der Waals surface area contributed by atoms with Crippen LogP contribution in [0, 0.1) is 6.92 Å². The number of rotatable bonds is 3. The summed E-state index contributed by atoms with van der Waals surface area (Å²) < 4.78 is 0. The molecular weight excluding hydrogens is 330 g/mol. The van der Waals surface area contributed by atoms with Crippen molar-refractivity contribution in [2.75, 3.05) is 5.73 Å². The second-order valence-electron chi connectivity index (χ2n) is 5.55. The molecule has 0 heterocycles. The Labute approximate surface area is 151 Å². The molecule has 0 atom stereocenters. The summed E-state index contributed by atoms with van der Waals surface area (Å²) in [5.41, 5.74) is 7.61. The number of nitrogens with two attached hydrogens (primary N) is 1. The van der Waals surface area contributed by atoms with Crippen molar-refractivity contribution < 1.29 is 19.8 Å². The molecule has 0 aromatic heterocycles. The molecule has 0 fully saturated rings. The third-order valence-corrected chi connectivity index (χ3v) is 3.74. The van der Waals surface area contributed by atoms with E-state index in [1.165, 1.54) is 24.3 Å². The van der Waals surface area contributed by atoms with Gasteiger partial charge in [-0.25, -0.2) is 4.79 Å². The Morgan fingerprint density at radius 3 is 1.77 bits per heavy atom. The van der Waals surface area contributed by atoms with E-state index in [4.69, 9.17) is 10.8 Å². The largest absolute Gasteiger partial charge is 0.507 e. The highest BCUT2D eigenvalue weighted by molar-refractivity contribution is 6.15. The van der Waals surface area contributed by atoms with E-state index >= 15 is 0 Å². The number of carbonyl (C=O) groups excluding carboxylic acids is 1. The molecule has 3 aromatic carbocycles. The first-order valence-electron chi connectivity index (χ1n) is 7.88. The summed E-state index contributed by atoms with van der Waals surface area (Å²) in [7, 11) is 0. The van der Waals surface area contributed by atoms with E-state index in [0.717, 1.165) is 11.3 Å². The number of carboxylic acid groups (broad SMARTS) is 1. The van der Waals surface area contributed by atoms with E-state index in [-0.39, 0.29) is 22.4 Å². The van der Waals surface area contributed by atoms with Crippen LogP contribution in [0.25, 0.3) is 0 Å². The van der Waals surface area contributed by atoms with Crippen LogP contribution in [-0.2, 0) is 0 Å². The number of nitrogen functional groups attached to an aromatic ring is 1. The summed E-state index contributed by atoms with van der Waals surface area (Å²) in [4.78, 5) is 23.2. The monoisotopic (exact) mass is 349 g/mol. The molecule has 3 aromatic rings. The van der Waals surface area contributed by atoms with Gasteiger partial charge >= 0.3 is 5.97 Å². The summed E-state index contributed by atoms with van der Waals surface area (Å²) in [6, 6.07) is 19.8. The Kier molecular flexibility index (Phi) is 6.11. The zero-order valence-corrected chi connectivity index (χ0v) is 14.2. The van der Waals surface area contributed by atoms with Crippen molar-refractivity contribution in [1.82, 2.24) is 0 Å². The molecule has 0 unspecified atom stereocenters. The second-order valence-corrected chi connectivity index (χ2v) is 5.55. The SMILES string of the molecule is Cc1ccccc1N.O=C(O)c1ccccc1C(=O)c1ccccc1O. The smallest absolute Gasteiger partial charge is 0.336 e. The van der Waals surface area contributed by atoms with Gasteiger partial charge in [-0.15, -0.1) is 0 Å². The number of carbonyl (C=O) groups is 2. The van der Waals surface area contributed by atoms with Crippen LogP contribution in [-0.4, -0.2) is 22.0 Å². The second kappa shape index (κ2) is 8.48. The molecule has 3 rings (SSSR count). The van der Waals surface area contributed by atoms with Gasteiger partial charge in [0.2, 0.25) is 0 Å². The van der Waals surface area contributed by atoms with Crippen molar-refractivity contribution in [3.63, 3.8) is 0 Å². The Balaban J connectivity index is 0.000000254. The lowest BCUT2D eigenvalue weighted by Gasteiger charge is -2.06. The number of hydrogen-bond acceptors (Lipinski definition) is 4. The van der Waals surface area contributed by atoms with E-state index in [1.807, 2.05) is 31.2 Å². The standard InChI is InChI=1S/C14H10O4.C7H9N/c15-12-8-4-3-7-11(12)13(16)9-5-1-2-6-10(9)14(17)18;1-6-4-2-3-5-7(6)8/h1-8,15H,(H,17,18);2-5H,8H2,1H3. The summed E-state index contributed by atoms with van der Waals surface area (Å²) in [6.07, 6.45) is 0. The van der Waals surface area contributed by atoms with Crippen LogP contribution in [0.4, 0.5) is 5.69 Å². The van der Waals surface area contributed by atoms with E-state index in [9.17, 15) is 14.7 Å². The van der Waals surface area contributed by atoms with E-state index in [0.29, 0.717) is 0 Å². The zero-order valence-electron chi connectivity index (χ0n) is 14.2. The number of aryl methyl sites for hydroxylation is 1. The summed E-state index contributed by atoms with van der Waals surface area (Å²) in [6.45, 7) is 2.00. The van der Waals surface area contributed by atoms with Crippen LogP contribution in [0.2, 0.25) is 0 Å². The first-order chi connectivity index (χ1) is 12.4. The maximum atomic E-state index is 12.2. The molecule has 0 spiro atoms. The molecule has 0 bridgehead atoms. The third kappa shape index (κ3) is 4.48. The minimum absolute atomic E-state index is 0.0616. The number of carboxylic acids is 1. The van der Waals surface area contributed by atoms with Gasteiger partial charge in [0.25, 0.3) is 0 Å². The van der Waals surface area contributed by atoms with Gasteiger partial charge in [0.15, 0.2) is 5.78 Å². The van der Waals surface area contributed by atoms with Gasteiger partial charge in [-0.1, -0.05) is 48.5 Å². The fraction of sp³-hybridized carbons (Fsp3) is 0.0476. The van der Waals surface area contributed by atoms with Gasteiger partial charge in [0.05, 0.1) is 11.1 Å². The number of hydrogen-bond donors (Lipinski definition) is 3. The average Bonchev–Trinajstić information content (AvgIpc) is 2.64. The highest BCUT2D eigenvalue weighted by Crippen LogP contribution is 2.21. The number of benzene rings is 3. The van der Waals surface area contributed by atoms with Gasteiger partial charge in [0.1, 0.15) is 5.75 Å². The van der Waals surface area contributed by atoms with Crippen LogP contribution in [0.5, 0.6) is 5.75 Å². The molecule has 0 aliphatic rings. The van der Waals surface area contributed by atoms with Gasteiger partial charge in [-0.2, -0.15) is 0 Å². The van der Waals surface area contributed by atoms with E-state index in [1.54, 1.807) is 24.3 Å². The number of para-hydroxylation sites is 2. The number of aromatic hydroxyl groups is 1. The molecule has 132 valence electrons. The molecule has 0 radical (unpaired) electrons. The van der Waals surface area contributed by atoms with Crippen molar-refractivity contribution in [3.8, 4) is 5.75 Å². The normalized spacial score (nSPS) is 9.73. The first kappa shape index (κ1) is 18.7. The minimum atomic E-state index is -1.17. The lowest BCUT2D eigenvalue weighted by Crippen LogP contribution is -2.09. The molecular formula is C21H19NO4. The fourth-order valence-corrected chi connectivity index (χ4v) is 2.27. The molecule has 0 aliphatic carbocycles. The lowest BCUT2D eigenvalue weighted by molar-refractivity contribution is 0.0692. The Morgan fingerprint density at radius 1 is 0.769 bits per heavy atom. The van der Waals surface area contributed by atoms with Crippen LogP contribution >= 0.6 is 0 Å². The van der Waals surface area contributed by atoms with Crippen molar-refractivity contribution in [2.45, 2.75) is 6.92 Å². The van der Waals surface area contributed by atoms with E-state index < -0.39 is 11.8 Å². The molecule has 26 heavy (non-hydrogen) atoms. The maximum Gasteiger partial charge on any atom is 0.336 e. The number of phenols is 1. The van der Waals surface area contributed by atoms with Gasteiger partial charge < -0.3 is 15.9 Å². The van der Waals surface area contributed by atoms with E-state index in [2.05, 4.69) is 0 Å². The Hall–Kier alpha value is -3.60. The van der Waals surface area contributed by atoms with Crippen LogP contribution < -0.4 is 5.73 Å². The minimum Gasteiger partial charge on any atom is -0.507 e. The predicted octanol–water partition coefficient (Wildman–Crippen LogP) is 3.90. The molecule has 5 heteroatoms. The van der Waals surface area contributed by atoms with Crippen molar-refractivity contribution in [3.05, 3.63) is 95.1 Å². The predicted molar refractivity (Wildman–Crippen MR) is 101 cm³/mol. The van der Waals surface area contributed by atoms with Crippen LogP contribution in [0.15, 0.2) is 72.8 Å². The summed E-state index contributed by atoms with van der Waals surface area (Å²) in [5.74, 6) is -1.84. The first-order valence-corrected chi connectivity index (χ1v) is 7.88. The highest BCUT2D eigenvalue weighted by Gasteiger charge is 2.19. The quantitative estimate of drug-likeness (QED) is 0.492. The molecule has 0 saturated carbocycles. The molecule has 0 amide bonds. The molecule has 5 nitrogen and oxygen atoms in total. The number of aromatic carboxylic acids is 1. The van der Waals surface area contributed by atoms with Crippen molar-refractivity contribution >= 4 is 17.4 Å². The van der Waals surface area contributed by atoms with Gasteiger partial charge in [-0.3, -0.25) is 4.79 Å². The topological polar surface area (TPSA) is 101 Å². The molecule has 4 N–H and O–H groups in total. The molecule has 0 aliphatic heterocycles. The van der Waals surface area contributed by atoms with Crippen LogP contribution in [0.1, 0.15) is 31.8 Å². The Morgan fingerprint density at radius 2 is 1.27 bits per heavy atom. The average molecular weight is 349 g/mol. The number of ketones is 1. The van der Waals surface area contributed by atoms with Gasteiger partial charge in [0, 0.05) is 11.3 Å². The number of anilines is 1. The maximum absolute atomic E-state index is 12.2. The van der Waals surface area contributed by atoms with Gasteiger partial charge in [-0.05, 0) is 36.8 Å². The third-order valence-electron chi connectivity index (χ3n) is 3.74. The Bertz CT molecular complexity index is 914. The van der Waals surface area contributed by atoms with Crippen molar-refractivity contribution in [1.29, 1.82) is 0 Å². The van der Waals surface area contributed by atoms with Crippen LogP contribution in [0.3, 0.4) is 0 Å². The lowest BCUT2D eigenvalue weighted by atomic mass is 9.98. The highest BCUT2D eigenvalue weighted by atomic mass is 16.4. The number of phenolic OH excluding ortho intramolecular Hbond substituents is 1. The summed E-state index contributed by atoms with van der Waals surface area (Å²) in [5, 5.41) is 18.6. The molecule has 0 saturated heterocycles. The summed E-state index contributed by atoms with van der Waals surface area (Å²) >= 11 is 0. The fourth-order valence-electron chi connectivity index (χ4n) is 2.27.